The lowest BCUT2D eigenvalue weighted by Gasteiger charge is -2.33. The first-order valence-corrected chi connectivity index (χ1v) is 9.90. The Bertz CT molecular complexity index is 773. The fourth-order valence-corrected chi connectivity index (χ4v) is 4.06. The van der Waals surface area contributed by atoms with E-state index in [9.17, 15) is 4.79 Å². The summed E-state index contributed by atoms with van der Waals surface area (Å²) >= 11 is 0. The minimum atomic E-state index is -0.390. The highest BCUT2D eigenvalue weighted by Crippen LogP contribution is 2.25. The van der Waals surface area contributed by atoms with Crippen molar-refractivity contribution in [3.8, 4) is 0 Å². The molecule has 2 fully saturated rings. The van der Waals surface area contributed by atoms with E-state index in [4.69, 9.17) is 13.9 Å². The second-order valence-corrected chi connectivity index (χ2v) is 7.67. The van der Waals surface area contributed by atoms with Crippen molar-refractivity contribution in [3.63, 3.8) is 0 Å². The molecular formula is C21H28N2O4. The molecule has 1 aromatic carbocycles. The molecule has 2 aliphatic heterocycles. The summed E-state index contributed by atoms with van der Waals surface area (Å²) in [6.07, 6.45) is 5.57. The van der Waals surface area contributed by atoms with Gasteiger partial charge in [0.05, 0.1) is 25.0 Å². The van der Waals surface area contributed by atoms with Gasteiger partial charge in [-0.25, -0.2) is 0 Å². The standard InChI is InChI=1S/C21H28N2O4/c1-21(26-14-15-27-21)9-3-10-23-11-6-17(7-12-23)22-20(24)18-5-2-4-16-8-13-25-19(16)18/h2,4-5,8,13,17H,3,6-7,9-12,14-15H2,1H3,(H,22,24). The molecule has 0 bridgehead atoms. The van der Waals surface area contributed by atoms with Gasteiger partial charge in [-0.05, 0) is 44.9 Å². The summed E-state index contributed by atoms with van der Waals surface area (Å²) in [7, 11) is 0. The fourth-order valence-electron chi connectivity index (χ4n) is 4.06. The molecule has 4 rings (SSSR count). The molecule has 3 heterocycles. The molecule has 2 aromatic rings. The molecule has 0 saturated carbocycles. The molecule has 6 heteroatoms. The molecule has 0 spiro atoms. The topological polar surface area (TPSA) is 63.9 Å². The van der Waals surface area contributed by atoms with Crippen molar-refractivity contribution in [1.82, 2.24) is 10.2 Å². The third-order valence-electron chi connectivity index (χ3n) is 5.65. The smallest absolute Gasteiger partial charge is 0.255 e. The molecule has 0 aliphatic carbocycles. The summed E-state index contributed by atoms with van der Waals surface area (Å²) in [5, 5.41) is 4.14. The number of nitrogens with zero attached hydrogens (tertiary/aromatic N) is 1. The van der Waals surface area contributed by atoms with Crippen LogP contribution in [0.3, 0.4) is 0 Å². The van der Waals surface area contributed by atoms with E-state index in [1.807, 2.05) is 31.2 Å². The zero-order valence-corrected chi connectivity index (χ0v) is 15.9. The minimum Gasteiger partial charge on any atom is -0.464 e. The van der Waals surface area contributed by atoms with E-state index in [0.717, 1.165) is 50.7 Å². The Hall–Kier alpha value is -1.89. The van der Waals surface area contributed by atoms with Crippen LogP contribution in [0.4, 0.5) is 0 Å². The van der Waals surface area contributed by atoms with Crippen molar-refractivity contribution >= 4 is 16.9 Å². The van der Waals surface area contributed by atoms with Crippen molar-refractivity contribution in [2.75, 3.05) is 32.8 Å². The summed E-state index contributed by atoms with van der Waals surface area (Å²) in [6.45, 7) is 6.50. The minimum absolute atomic E-state index is 0.0440. The van der Waals surface area contributed by atoms with Crippen LogP contribution in [-0.2, 0) is 9.47 Å². The van der Waals surface area contributed by atoms with Gasteiger partial charge in [0.25, 0.3) is 5.91 Å². The van der Waals surface area contributed by atoms with Gasteiger partial charge in [-0.1, -0.05) is 12.1 Å². The number of piperidine rings is 1. The van der Waals surface area contributed by atoms with E-state index in [1.165, 1.54) is 0 Å². The number of furan rings is 1. The number of benzene rings is 1. The maximum absolute atomic E-state index is 12.6. The van der Waals surface area contributed by atoms with Crippen LogP contribution in [0.2, 0.25) is 0 Å². The maximum atomic E-state index is 12.6. The van der Waals surface area contributed by atoms with Crippen LogP contribution < -0.4 is 5.32 Å². The summed E-state index contributed by atoms with van der Waals surface area (Å²) < 4.78 is 16.8. The zero-order chi connectivity index (χ0) is 18.7. The third-order valence-corrected chi connectivity index (χ3v) is 5.65. The predicted octanol–water partition coefficient (Wildman–Crippen LogP) is 3.17. The van der Waals surface area contributed by atoms with Crippen LogP contribution in [0.1, 0.15) is 43.0 Å². The van der Waals surface area contributed by atoms with Gasteiger partial charge >= 0.3 is 0 Å². The van der Waals surface area contributed by atoms with Gasteiger partial charge < -0.3 is 24.1 Å². The first-order valence-electron chi connectivity index (χ1n) is 9.90. The summed E-state index contributed by atoms with van der Waals surface area (Å²) in [5.74, 6) is -0.434. The number of hydrogen-bond donors (Lipinski definition) is 1. The van der Waals surface area contributed by atoms with Gasteiger partial charge in [0.1, 0.15) is 5.58 Å². The van der Waals surface area contributed by atoms with Crippen molar-refractivity contribution < 1.29 is 18.7 Å². The van der Waals surface area contributed by atoms with Gasteiger partial charge in [0.2, 0.25) is 0 Å². The molecule has 1 N–H and O–H groups in total. The van der Waals surface area contributed by atoms with Crippen LogP contribution in [0.5, 0.6) is 0 Å². The Morgan fingerprint density at radius 3 is 2.78 bits per heavy atom. The Labute approximate surface area is 159 Å². The van der Waals surface area contributed by atoms with Gasteiger partial charge in [-0.3, -0.25) is 4.79 Å². The van der Waals surface area contributed by atoms with E-state index in [1.54, 1.807) is 6.26 Å². The van der Waals surface area contributed by atoms with Crippen LogP contribution in [0, 0.1) is 0 Å². The number of carbonyl (C=O) groups excluding carboxylic acids is 1. The van der Waals surface area contributed by atoms with Crippen molar-refractivity contribution in [2.45, 2.75) is 44.4 Å². The number of para-hydroxylation sites is 1. The van der Waals surface area contributed by atoms with Crippen LogP contribution in [-0.4, -0.2) is 55.5 Å². The van der Waals surface area contributed by atoms with Gasteiger partial charge in [-0.15, -0.1) is 0 Å². The van der Waals surface area contributed by atoms with Crippen molar-refractivity contribution in [3.05, 3.63) is 36.1 Å². The lowest BCUT2D eigenvalue weighted by atomic mass is 10.0. The van der Waals surface area contributed by atoms with E-state index in [-0.39, 0.29) is 17.7 Å². The average molecular weight is 372 g/mol. The average Bonchev–Trinajstić information content (AvgIpc) is 3.32. The second-order valence-electron chi connectivity index (χ2n) is 7.67. The number of ether oxygens (including phenoxy) is 2. The van der Waals surface area contributed by atoms with E-state index in [2.05, 4.69) is 10.2 Å². The van der Waals surface area contributed by atoms with Gasteiger partial charge in [-0.2, -0.15) is 0 Å². The molecule has 1 amide bonds. The highest BCUT2D eigenvalue weighted by Gasteiger charge is 2.30. The first kappa shape index (κ1) is 18.5. The first-order chi connectivity index (χ1) is 13.1. The lowest BCUT2D eigenvalue weighted by Crippen LogP contribution is -2.45. The summed E-state index contributed by atoms with van der Waals surface area (Å²) in [6, 6.07) is 7.78. The maximum Gasteiger partial charge on any atom is 0.255 e. The van der Waals surface area contributed by atoms with E-state index >= 15 is 0 Å². The molecule has 1 aromatic heterocycles. The van der Waals surface area contributed by atoms with Crippen LogP contribution in [0.25, 0.3) is 11.0 Å². The number of amides is 1. The summed E-state index contributed by atoms with van der Waals surface area (Å²) in [4.78, 5) is 15.1. The normalized spacial score (nSPS) is 20.9. The molecule has 2 aliphatic rings. The lowest BCUT2D eigenvalue weighted by molar-refractivity contribution is -0.148. The molecular weight excluding hydrogens is 344 g/mol. The molecule has 2 saturated heterocycles. The molecule has 27 heavy (non-hydrogen) atoms. The number of likely N-dealkylation sites (tertiary alicyclic amines) is 1. The largest absolute Gasteiger partial charge is 0.464 e. The number of nitrogens with one attached hydrogen (secondary N) is 1. The van der Waals surface area contributed by atoms with Crippen LogP contribution in [0.15, 0.2) is 34.9 Å². The monoisotopic (exact) mass is 372 g/mol. The fraction of sp³-hybridized carbons (Fsp3) is 0.571. The van der Waals surface area contributed by atoms with E-state index in [0.29, 0.717) is 24.4 Å². The van der Waals surface area contributed by atoms with Crippen molar-refractivity contribution in [2.24, 2.45) is 0 Å². The summed E-state index contributed by atoms with van der Waals surface area (Å²) in [5.41, 5.74) is 1.28. The van der Waals surface area contributed by atoms with E-state index < -0.39 is 0 Å². The highest BCUT2D eigenvalue weighted by atomic mass is 16.7. The molecule has 146 valence electrons. The molecule has 0 radical (unpaired) electrons. The van der Waals surface area contributed by atoms with Crippen molar-refractivity contribution in [1.29, 1.82) is 0 Å². The quantitative estimate of drug-likeness (QED) is 0.844. The number of rotatable bonds is 6. The predicted molar refractivity (Wildman–Crippen MR) is 103 cm³/mol. The number of fused-ring (bicyclic) bond motifs is 1. The Morgan fingerprint density at radius 2 is 2.00 bits per heavy atom. The van der Waals surface area contributed by atoms with Gasteiger partial charge in [0.15, 0.2) is 5.79 Å². The third kappa shape index (κ3) is 4.34. The Morgan fingerprint density at radius 1 is 1.22 bits per heavy atom. The SMILES string of the molecule is CC1(CCCN2CCC(NC(=O)c3cccc4ccoc34)CC2)OCCO1. The van der Waals surface area contributed by atoms with Gasteiger partial charge in [0, 0.05) is 30.9 Å². The highest BCUT2D eigenvalue weighted by molar-refractivity contribution is 6.04. The molecule has 0 unspecified atom stereocenters. The zero-order valence-electron chi connectivity index (χ0n) is 15.9. The number of hydrogen-bond acceptors (Lipinski definition) is 5. The van der Waals surface area contributed by atoms with Crippen LogP contribution >= 0.6 is 0 Å². The Balaban J connectivity index is 1.22. The molecule has 6 nitrogen and oxygen atoms in total. The second kappa shape index (κ2) is 8.00. The molecule has 0 atom stereocenters. The Kier molecular flexibility index (Phi) is 5.48. The number of carbonyl (C=O) groups is 1.